The van der Waals surface area contributed by atoms with E-state index in [0.717, 1.165) is 35.5 Å². The highest BCUT2D eigenvalue weighted by Gasteiger charge is 2.91. The first kappa shape index (κ1) is 23.5. The van der Waals surface area contributed by atoms with Crippen LogP contribution in [0.1, 0.15) is 43.7 Å². The molecule has 1 aliphatic heterocycles. The molecular weight excluding hydrogens is 448 g/mol. The summed E-state index contributed by atoms with van der Waals surface area (Å²) in [4.78, 5) is 4.83. The molecule has 5 nitrogen and oxygen atoms in total. The van der Waals surface area contributed by atoms with E-state index < -0.39 is 15.0 Å². The van der Waals surface area contributed by atoms with Gasteiger partial charge in [-0.2, -0.15) is 10.5 Å². The largest absolute Gasteiger partial charge is 0.489 e. The molecule has 170 valence electrons. The fourth-order valence-electron chi connectivity index (χ4n) is 4.86. The van der Waals surface area contributed by atoms with E-state index in [4.69, 9.17) is 15.5 Å². The fraction of sp³-hybridized carbons (Fsp3) is 0.423. The molecule has 0 aromatic heterocycles. The molecule has 1 fully saturated rings. The van der Waals surface area contributed by atoms with Crippen LogP contribution in [0.2, 0.25) is 0 Å². The smallest absolute Gasteiger partial charge is 0.175 e. The molecule has 0 bridgehead atoms. The Hall–Kier alpha value is -2.61. The maximum Gasteiger partial charge on any atom is 0.175 e. The Bertz CT molecular complexity index is 1120. The lowest BCUT2D eigenvalue weighted by atomic mass is 9.97. The first-order valence-corrected chi connectivity index (χ1v) is 13.2. The minimum absolute atomic E-state index is 0.291. The van der Waals surface area contributed by atoms with Gasteiger partial charge in [0, 0.05) is 5.92 Å². The Morgan fingerprint density at radius 1 is 1.00 bits per heavy atom. The van der Waals surface area contributed by atoms with Gasteiger partial charge in [-0.15, -0.1) is 23.5 Å². The van der Waals surface area contributed by atoms with Crippen LogP contribution in [0.25, 0.3) is 0 Å². The number of hydrogen-bond donors (Lipinski definition) is 1. The van der Waals surface area contributed by atoms with Crippen LogP contribution in [-0.2, 0) is 6.61 Å². The SMILES string of the molecule is CCCSC1(SCCC)N=C(N)C2(C#N)C(c3cccc(OCc4ccccc4)c3)C12C#N. The van der Waals surface area contributed by atoms with Crippen molar-refractivity contribution in [3.05, 3.63) is 65.7 Å². The summed E-state index contributed by atoms with van der Waals surface area (Å²) >= 11 is 3.33. The second kappa shape index (κ2) is 9.33. The van der Waals surface area contributed by atoms with Crippen molar-refractivity contribution in [1.82, 2.24) is 0 Å². The van der Waals surface area contributed by atoms with Gasteiger partial charge in [0.05, 0.1) is 12.1 Å². The van der Waals surface area contributed by atoms with Crippen LogP contribution in [0.5, 0.6) is 5.75 Å². The van der Waals surface area contributed by atoms with E-state index >= 15 is 0 Å². The van der Waals surface area contributed by atoms with E-state index in [1.54, 1.807) is 23.5 Å². The highest BCUT2D eigenvalue weighted by molar-refractivity contribution is 8.18. The summed E-state index contributed by atoms with van der Waals surface area (Å²) < 4.78 is 5.26. The van der Waals surface area contributed by atoms with Crippen LogP contribution in [-0.4, -0.2) is 21.5 Å². The molecule has 33 heavy (non-hydrogen) atoms. The molecule has 0 spiro atoms. The van der Waals surface area contributed by atoms with Crippen molar-refractivity contribution >= 4 is 29.4 Å². The number of rotatable bonds is 10. The van der Waals surface area contributed by atoms with Crippen LogP contribution in [0.3, 0.4) is 0 Å². The average Bonchev–Trinajstić information content (AvgIpc) is 3.44. The molecule has 4 rings (SSSR count). The lowest BCUT2D eigenvalue weighted by Crippen LogP contribution is -2.32. The minimum Gasteiger partial charge on any atom is -0.489 e. The zero-order valence-electron chi connectivity index (χ0n) is 19.0. The minimum atomic E-state index is -1.11. The molecule has 2 aromatic carbocycles. The van der Waals surface area contributed by atoms with Gasteiger partial charge in [-0.05, 0) is 47.6 Å². The molecule has 1 heterocycles. The highest BCUT2D eigenvalue weighted by Crippen LogP contribution is 2.85. The number of hydrogen-bond acceptors (Lipinski definition) is 7. The number of aliphatic imine (C=N–C) groups is 1. The van der Waals surface area contributed by atoms with Crippen LogP contribution < -0.4 is 10.5 Å². The summed E-state index contributed by atoms with van der Waals surface area (Å²) in [5, 5.41) is 20.9. The third-order valence-electron chi connectivity index (χ3n) is 6.37. The summed E-state index contributed by atoms with van der Waals surface area (Å²) in [6.45, 7) is 4.68. The molecule has 2 aliphatic rings. The van der Waals surface area contributed by atoms with Crippen molar-refractivity contribution in [2.45, 2.75) is 43.4 Å². The molecule has 1 saturated carbocycles. The molecule has 2 N–H and O–H groups in total. The Morgan fingerprint density at radius 2 is 1.70 bits per heavy atom. The monoisotopic (exact) mass is 476 g/mol. The standard InChI is InChI=1S/C26H28N4OS2/c1-3-13-32-26(33-14-4-2)25(18-28)22(24(25,17-27)23(29)30-26)20-11-8-12-21(15-20)31-16-19-9-6-5-7-10-19/h5-12,15,22H,3-4,13-14,16H2,1-2H3,(H2,29,30). The molecule has 7 heteroatoms. The number of ether oxygens (including phenoxy) is 1. The van der Waals surface area contributed by atoms with Gasteiger partial charge in [0.1, 0.15) is 29.0 Å². The summed E-state index contributed by atoms with van der Waals surface area (Å²) in [5.74, 6) is 2.37. The van der Waals surface area contributed by atoms with Crippen LogP contribution in [0.15, 0.2) is 59.6 Å². The number of fused-ring (bicyclic) bond motifs is 1. The zero-order chi connectivity index (χ0) is 23.5. The van der Waals surface area contributed by atoms with Crippen molar-refractivity contribution < 1.29 is 4.74 Å². The van der Waals surface area contributed by atoms with Crippen LogP contribution in [0.4, 0.5) is 0 Å². The normalized spacial score (nSPS) is 26.5. The van der Waals surface area contributed by atoms with Gasteiger partial charge in [0.25, 0.3) is 0 Å². The molecule has 1 aliphatic carbocycles. The van der Waals surface area contributed by atoms with Gasteiger partial charge in [-0.1, -0.05) is 56.3 Å². The molecular formula is C26H28N4OS2. The summed E-state index contributed by atoms with van der Waals surface area (Å²) in [6, 6.07) is 22.8. The molecule has 2 aromatic rings. The van der Waals surface area contributed by atoms with Crippen LogP contribution in [0, 0.1) is 33.5 Å². The van der Waals surface area contributed by atoms with E-state index in [1.165, 1.54) is 0 Å². The first-order chi connectivity index (χ1) is 16.0. The Kier molecular flexibility index (Phi) is 6.66. The van der Waals surface area contributed by atoms with Gasteiger partial charge in [0.2, 0.25) is 0 Å². The lowest BCUT2D eigenvalue weighted by molar-refractivity contribution is 0.306. The Morgan fingerprint density at radius 3 is 2.30 bits per heavy atom. The third-order valence-corrected chi connectivity index (χ3v) is 9.91. The first-order valence-electron chi connectivity index (χ1n) is 11.3. The molecule has 0 radical (unpaired) electrons. The average molecular weight is 477 g/mol. The van der Waals surface area contributed by atoms with Gasteiger partial charge < -0.3 is 10.5 Å². The van der Waals surface area contributed by atoms with Crippen LogP contribution >= 0.6 is 23.5 Å². The number of thioether (sulfide) groups is 2. The highest BCUT2D eigenvalue weighted by atomic mass is 32.2. The summed E-state index contributed by atoms with van der Waals surface area (Å²) in [7, 11) is 0. The third kappa shape index (κ3) is 3.50. The molecule has 3 unspecified atom stereocenters. The molecule has 3 atom stereocenters. The van der Waals surface area contributed by atoms with E-state index in [1.807, 2.05) is 54.6 Å². The lowest BCUT2D eigenvalue weighted by Gasteiger charge is -2.32. The van der Waals surface area contributed by atoms with E-state index in [0.29, 0.717) is 18.2 Å². The predicted octanol–water partition coefficient (Wildman–Crippen LogP) is 5.69. The van der Waals surface area contributed by atoms with E-state index in [2.05, 4.69) is 26.0 Å². The fourth-order valence-corrected chi connectivity index (χ4v) is 8.09. The van der Waals surface area contributed by atoms with E-state index in [-0.39, 0.29) is 5.92 Å². The molecule has 0 saturated heterocycles. The quantitative estimate of drug-likeness (QED) is 0.442. The number of amidine groups is 1. The second-order valence-corrected chi connectivity index (χ2v) is 11.2. The predicted molar refractivity (Wildman–Crippen MR) is 136 cm³/mol. The van der Waals surface area contributed by atoms with Gasteiger partial charge >= 0.3 is 0 Å². The number of benzene rings is 2. The van der Waals surface area contributed by atoms with Gasteiger partial charge in [-0.25, -0.2) is 4.99 Å². The summed E-state index contributed by atoms with van der Waals surface area (Å²) in [6.07, 6.45) is 1.92. The van der Waals surface area contributed by atoms with Crippen molar-refractivity contribution in [1.29, 1.82) is 10.5 Å². The number of nitriles is 2. The Labute approximate surface area is 204 Å². The molecule has 0 amide bonds. The van der Waals surface area contributed by atoms with Crippen molar-refractivity contribution in [3.8, 4) is 17.9 Å². The van der Waals surface area contributed by atoms with Crippen molar-refractivity contribution in [2.75, 3.05) is 11.5 Å². The summed E-state index contributed by atoms with van der Waals surface area (Å²) in [5.41, 5.74) is 6.33. The Balaban J connectivity index is 1.70. The maximum atomic E-state index is 10.6. The maximum absolute atomic E-state index is 10.6. The number of nitrogens with two attached hydrogens (primary N) is 1. The topological polar surface area (TPSA) is 95.2 Å². The number of nitrogens with zero attached hydrogens (tertiary/aromatic N) is 3. The van der Waals surface area contributed by atoms with E-state index in [9.17, 15) is 10.5 Å². The van der Waals surface area contributed by atoms with Gasteiger partial charge in [-0.3, -0.25) is 0 Å². The van der Waals surface area contributed by atoms with Crippen molar-refractivity contribution in [2.24, 2.45) is 21.6 Å². The zero-order valence-corrected chi connectivity index (χ0v) is 20.6. The van der Waals surface area contributed by atoms with Gasteiger partial charge in [0.15, 0.2) is 4.20 Å². The second-order valence-electron chi connectivity index (χ2n) is 8.40. The van der Waals surface area contributed by atoms with Crippen molar-refractivity contribution in [3.63, 3.8) is 0 Å².